The van der Waals surface area contributed by atoms with Gasteiger partial charge in [-0.3, -0.25) is 4.98 Å². The molecule has 2 aliphatic rings. The Morgan fingerprint density at radius 2 is 2.17 bits per heavy atom. The SMILES string of the molecule is C[C@H](NC(=O)Oc1cnn2ccc(N3CCC[C@@H]3c3cncc(F)c3)nc12)C1CC1. The summed E-state index contributed by atoms with van der Waals surface area (Å²) in [6, 6.07) is 3.48. The molecule has 9 heteroatoms. The van der Waals surface area contributed by atoms with Crippen LogP contribution in [-0.2, 0) is 0 Å². The van der Waals surface area contributed by atoms with Crippen molar-refractivity contribution in [1.82, 2.24) is 24.9 Å². The average Bonchev–Trinajstić information content (AvgIpc) is 3.35. The van der Waals surface area contributed by atoms with E-state index in [1.165, 1.54) is 18.5 Å². The highest BCUT2D eigenvalue weighted by Gasteiger charge is 2.30. The minimum Gasteiger partial charge on any atom is -0.405 e. The number of aromatic nitrogens is 4. The molecule has 1 aliphatic heterocycles. The van der Waals surface area contributed by atoms with E-state index in [4.69, 9.17) is 9.72 Å². The van der Waals surface area contributed by atoms with Crippen LogP contribution in [0.4, 0.5) is 15.0 Å². The van der Waals surface area contributed by atoms with Crippen molar-refractivity contribution in [3.05, 3.63) is 48.3 Å². The van der Waals surface area contributed by atoms with Gasteiger partial charge < -0.3 is 15.0 Å². The maximum atomic E-state index is 13.7. The number of nitrogens with one attached hydrogen (secondary N) is 1. The molecule has 2 atom stereocenters. The van der Waals surface area contributed by atoms with Gasteiger partial charge in [-0.15, -0.1) is 0 Å². The summed E-state index contributed by atoms with van der Waals surface area (Å²) in [5, 5.41) is 7.10. The Hall–Kier alpha value is -3.23. The van der Waals surface area contributed by atoms with Crippen LogP contribution in [0.3, 0.4) is 0 Å². The zero-order valence-corrected chi connectivity index (χ0v) is 16.7. The molecular formula is C21H23FN6O2. The van der Waals surface area contributed by atoms with Gasteiger partial charge in [-0.25, -0.2) is 18.7 Å². The van der Waals surface area contributed by atoms with Crippen molar-refractivity contribution < 1.29 is 13.9 Å². The van der Waals surface area contributed by atoms with Gasteiger partial charge in [0.1, 0.15) is 11.6 Å². The van der Waals surface area contributed by atoms with Gasteiger partial charge in [-0.1, -0.05) is 0 Å². The maximum Gasteiger partial charge on any atom is 0.413 e. The molecule has 5 rings (SSSR count). The fraction of sp³-hybridized carbons (Fsp3) is 0.429. The van der Waals surface area contributed by atoms with Crippen LogP contribution in [0.15, 0.2) is 36.9 Å². The molecule has 0 spiro atoms. The predicted molar refractivity (Wildman–Crippen MR) is 108 cm³/mol. The van der Waals surface area contributed by atoms with Gasteiger partial charge in [0.25, 0.3) is 0 Å². The van der Waals surface area contributed by atoms with Crippen molar-refractivity contribution in [2.24, 2.45) is 5.92 Å². The molecule has 3 aromatic rings. The lowest BCUT2D eigenvalue weighted by Gasteiger charge is -2.26. The van der Waals surface area contributed by atoms with E-state index in [2.05, 4.69) is 20.3 Å². The minimum atomic E-state index is -0.499. The lowest BCUT2D eigenvalue weighted by Crippen LogP contribution is -2.36. The van der Waals surface area contributed by atoms with Crippen LogP contribution in [0.25, 0.3) is 5.65 Å². The Balaban J connectivity index is 1.38. The van der Waals surface area contributed by atoms with Gasteiger partial charge in [0, 0.05) is 25.0 Å². The number of ether oxygens (including phenoxy) is 1. The predicted octanol–water partition coefficient (Wildman–Crippen LogP) is 3.49. The molecule has 1 aliphatic carbocycles. The molecule has 156 valence electrons. The summed E-state index contributed by atoms with van der Waals surface area (Å²) < 4.78 is 20.7. The van der Waals surface area contributed by atoms with E-state index in [9.17, 15) is 9.18 Å². The largest absolute Gasteiger partial charge is 0.413 e. The highest BCUT2D eigenvalue weighted by atomic mass is 19.1. The fourth-order valence-electron chi connectivity index (χ4n) is 4.10. The third kappa shape index (κ3) is 3.67. The average molecular weight is 410 g/mol. The van der Waals surface area contributed by atoms with Crippen molar-refractivity contribution in [3.63, 3.8) is 0 Å². The van der Waals surface area contributed by atoms with Crippen LogP contribution in [0.5, 0.6) is 5.75 Å². The number of pyridine rings is 1. The second-order valence-corrected chi connectivity index (χ2v) is 8.01. The summed E-state index contributed by atoms with van der Waals surface area (Å²) in [7, 11) is 0. The summed E-state index contributed by atoms with van der Waals surface area (Å²) in [6.45, 7) is 2.79. The highest BCUT2D eigenvalue weighted by Crippen LogP contribution is 2.36. The first-order chi connectivity index (χ1) is 14.6. The normalized spacial score (nSPS) is 19.8. The maximum absolute atomic E-state index is 13.7. The van der Waals surface area contributed by atoms with E-state index in [0.29, 0.717) is 17.3 Å². The van der Waals surface area contributed by atoms with Crippen molar-refractivity contribution in [3.8, 4) is 5.75 Å². The molecule has 0 aromatic carbocycles. The number of hydrogen-bond donors (Lipinski definition) is 1. The van der Waals surface area contributed by atoms with Crippen LogP contribution in [-0.4, -0.2) is 38.3 Å². The molecule has 1 amide bonds. The smallest absolute Gasteiger partial charge is 0.405 e. The first-order valence-corrected chi connectivity index (χ1v) is 10.3. The molecule has 0 bridgehead atoms. The minimum absolute atomic E-state index is 0.00173. The molecule has 30 heavy (non-hydrogen) atoms. The third-order valence-corrected chi connectivity index (χ3v) is 5.86. The first-order valence-electron chi connectivity index (χ1n) is 10.3. The molecule has 2 fully saturated rings. The zero-order valence-electron chi connectivity index (χ0n) is 16.7. The number of anilines is 1. The number of rotatable bonds is 5. The van der Waals surface area contributed by atoms with Crippen LogP contribution in [0.1, 0.15) is 44.2 Å². The second kappa shape index (κ2) is 7.55. The number of carbonyl (C=O) groups excluding carboxylic acids is 1. The summed E-state index contributed by atoms with van der Waals surface area (Å²) in [5.41, 5.74) is 1.29. The van der Waals surface area contributed by atoms with Crippen LogP contribution in [0.2, 0.25) is 0 Å². The van der Waals surface area contributed by atoms with E-state index in [1.54, 1.807) is 16.9 Å². The van der Waals surface area contributed by atoms with E-state index in [1.807, 2.05) is 13.0 Å². The molecule has 1 saturated heterocycles. The van der Waals surface area contributed by atoms with Gasteiger partial charge in [0.15, 0.2) is 5.75 Å². The molecule has 4 heterocycles. The molecule has 0 unspecified atom stereocenters. The van der Waals surface area contributed by atoms with E-state index >= 15 is 0 Å². The number of fused-ring (bicyclic) bond motifs is 1. The Morgan fingerprint density at radius 3 is 2.97 bits per heavy atom. The lowest BCUT2D eigenvalue weighted by atomic mass is 10.1. The van der Waals surface area contributed by atoms with Crippen LogP contribution < -0.4 is 15.0 Å². The number of halogens is 1. The summed E-state index contributed by atoms with van der Waals surface area (Å²) in [5.74, 6) is 1.23. The number of hydrogen-bond acceptors (Lipinski definition) is 6. The van der Waals surface area contributed by atoms with Gasteiger partial charge in [-0.05, 0) is 56.2 Å². The van der Waals surface area contributed by atoms with Gasteiger partial charge in [0.2, 0.25) is 5.65 Å². The Labute approximate surface area is 173 Å². The molecule has 0 radical (unpaired) electrons. The molecule has 1 N–H and O–H groups in total. The molecule has 1 saturated carbocycles. The van der Waals surface area contributed by atoms with Gasteiger partial charge >= 0.3 is 6.09 Å². The second-order valence-electron chi connectivity index (χ2n) is 8.01. The molecule has 8 nitrogen and oxygen atoms in total. The highest BCUT2D eigenvalue weighted by molar-refractivity contribution is 5.73. The van der Waals surface area contributed by atoms with Crippen molar-refractivity contribution in [2.75, 3.05) is 11.4 Å². The van der Waals surface area contributed by atoms with Crippen molar-refractivity contribution in [1.29, 1.82) is 0 Å². The van der Waals surface area contributed by atoms with Gasteiger partial charge in [-0.2, -0.15) is 5.10 Å². The standard InChI is InChI=1S/C21H23FN6O2/c1-13(14-4-5-14)25-21(29)30-18-12-24-28-8-6-19(26-20(18)28)27-7-2-3-17(27)15-9-16(22)11-23-10-15/h6,8-14,17H,2-5,7H2,1H3,(H,25,29)/t13-,17+/m0/s1. The summed E-state index contributed by atoms with van der Waals surface area (Å²) >= 11 is 0. The Bertz CT molecular complexity index is 1080. The van der Waals surface area contributed by atoms with Crippen LogP contribution >= 0.6 is 0 Å². The monoisotopic (exact) mass is 410 g/mol. The molecule has 3 aromatic heterocycles. The first kappa shape index (κ1) is 18.8. The summed E-state index contributed by atoms with van der Waals surface area (Å²) in [6.07, 6.45) is 9.82. The third-order valence-electron chi connectivity index (χ3n) is 5.86. The number of carbonyl (C=O) groups is 1. The number of amides is 1. The Kier molecular flexibility index (Phi) is 4.72. The van der Waals surface area contributed by atoms with E-state index < -0.39 is 6.09 Å². The van der Waals surface area contributed by atoms with Crippen LogP contribution in [0, 0.1) is 11.7 Å². The van der Waals surface area contributed by atoms with Gasteiger partial charge in [0.05, 0.1) is 18.4 Å². The summed E-state index contributed by atoms with van der Waals surface area (Å²) in [4.78, 5) is 23.1. The lowest BCUT2D eigenvalue weighted by molar-refractivity contribution is 0.196. The van der Waals surface area contributed by atoms with Crippen molar-refractivity contribution in [2.45, 2.75) is 44.7 Å². The molecular weight excluding hydrogens is 387 g/mol. The zero-order chi connectivity index (χ0) is 20.7. The Morgan fingerprint density at radius 1 is 1.30 bits per heavy atom. The fourth-order valence-corrected chi connectivity index (χ4v) is 4.10. The van der Waals surface area contributed by atoms with Crippen molar-refractivity contribution >= 4 is 17.6 Å². The number of nitrogens with zero attached hydrogens (tertiary/aromatic N) is 5. The van der Waals surface area contributed by atoms with E-state index in [-0.39, 0.29) is 17.9 Å². The van der Waals surface area contributed by atoms with E-state index in [0.717, 1.165) is 43.6 Å². The quantitative estimate of drug-likeness (QED) is 0.693. The topological polar surface area (TPSA) is 84.6 Å².